The number of nitrogens with zero attached hydrogens (tertiary/aromatic N) is 2. The van der Waals surface area contributed by atoms with Gasteiger partial charge in [-0.2, -0.15) is 5.26 Å². The smallest absolute Gasteiger partial charge is 0.137 e. The Morgan fingerprint density at radius 1 is 1.73 bits per heavy atom. The number of imidazole rings is 1. The van der Waals surface area contributed by atoms with Gasteiger partial charge in [-0.05, 0) is 6.42 Å². The summed E-state index contributed by atoms with van der Waals surface area (Å²) in [5.41, 5.74) is 0.552. The molecule has 0 spiro atoms. The normalized spacial score (nSPS) is 9.45. The average molecular weight is 149 g/mol. The Bertz CT molecular complexity index is 257. The highest BCUT2D eigenvalue weighted by Gasteiger charge is 1.97. The van der Waals surface area contributed by atoms with Crippen LogP contribution in [0.1, 0.15) is 31.3 Å². The average Bonchev–Trinajstić information content (AvgIpc) is 2.48. The van der Waals surface area contributed by atoms with Gasteiger partial charge in [0.2, 0.25) is 0 Å². The van der Waals surface area contributed by atoms with Gasteiger partial charge in [0, 0.05) is 6.42 Å². The van der Waals surface area contributed by atoms with E-state index in [4.69, 9.17) is 5.26 Å². The summed E-state index contributed by atoms with van der Waals surface area (Å²) in [4.78, 5) is 6.97. The standard InChI is InChI=1S/C8H11N3/c1-2-3-4-8-10-6-7(5-9)11-8/h6H,2-4H2,1H3,(H,10,11). The molecule has 0 radical (unpaired) electrons. The van der Waals surface area contributed by atoms with E-state index in [-0.39, 0.29) is 0 Å². The summed E-state index contributed by atoms with van der Waals surface area (Å²) in [6.45, 7) is 2.13. The van der Waals surface area contributed by atoms with Crippen LogP contribution in [0.3, 0.4) is 0 Å². The molecule has 0 amide bonds. The van der Waals surface area contributed by atoms with Gasteiger partial charge in [-0.25, -0.2) is 4.98 Å². The number of nitriles is 1. The number of H-pyrrole nitrogens is 1. The lowest BCUT2D eigenvalue weighted by molar-refractivity contribution is 0.762. The third-order valence-electron chi connectivity index (χ3n) is 1.52. The summed E-state index contributed by atoms with van der Waals surface area (Å²) in [6.07, 6.45) is 4.80. The molecule has 58 valence electrons. The minimum absolute atomic E-state index is 0.552. The third kappa shape index (κ3) is 2.08. The number of aromatic amines is 1. The van der Waals surface area contributed by atoms with E-state index in [1.54, 1.807) is 6.20 Å². The van der Waals surface area contributed by atoms with Crippen LogP contribution in [-0.4, -0.2) is 9.97 Å². The molecular weight excluding hydrogens is 138 g/mol. The summed E-state index contributed by atoms with van der Waals surface area (Å²) < 4.78 is 0. The van der Waals surface area contributed by atoms with Crippen molar-refractivity contribution in [2.24, 2.45) is 0 Å². The molecular formula is C8H11N3. The zero-order valence-corrected chi connectivity index (χ0v) is 6.59. The predicted octanol–water partition coefficient (Wildman–Crippen LogP) is 1.62. The van der Waals surface area contributed by atoms with Gasteiger partial charge in [-0.1, -0.05) is 13.3 Å². The van der Waals surface area contributed by atoms with Crippen LogP contribution in [0.25, 0.3) is 0 Å². The molecule has 1 aromatic rings. The Labute approximate surface area is 66.1 Å². The summed E-state index contributed by atoms with van der Waals surface area (Å²) in [5.74, 6) is 0.920. The van der Waals surface area contributed by atoms with E-state index in [2.05, 4.69) is 16.9 Å². The summed E-state index contributed by atoms with van der Waals surface area (Å²) in [5, 5.41) is 8.46. The highest BCUT2D eigenvalue weighted by atomic mass is 14.9. The molecule has 0 bridgehead atoms. The van der Waals surface area contributed by atoms with Crippen LogP contribution >= 0.6 is 0 Å². The van der Waals surface area contributed by atoms with Crippen molar-refractivity contribution in [2.75, 3.05) is 0 Å². The molecule has 1 N–H and O–H groups in total. The van der Waals surface area contributed by atoms with Crippen molar-refractivity contribution in [1.29, 1.82) is 5.26 Å². The van der Waals surface area contributed by atoms with Crippen molar-refractivity contribution < 1.29 is 0 Å². The van der Waals surface area contributed by atoms with E-state index in [1.165, 1.54) is 0 Å². The Kier molecular flexibility index (Phi) is 2.67. The van der Waals surface area contributed by atoms with Crippen molar-refractivity contribution in [3.63, 3.8) is 0 Å². The lowest BCUT2D eigenvalue weighted by atomic mass is 10.2. The van der Waals surface area contributed by atoms with Crippen molar-refractivity contribution >= 4 is 0 Å². The second-order valence-electron chi connectivity index (χ2n) is 2.46. The molecule has 1 aromatic heterocycles. The fraction of sp³-hybridized carbons (Fsp3) is 0.500. The van der Waals surface area contributed by atoms with Crippen LogP contribution in [0.5, 0.6) is 0 Å². The van der Waals surface area contributed by atoms with Crippen LogP contribution < -0.4 is 0 Å². The van der Waals surface area contributed by atoms with Gasteiger partial charge in [0.15, 0.2) is 0 Å². The highest BCUT2D eigenvalue weighted by molar-refractivity contribution is 5.17. The molecule has 0 fully saturated rings. The minimum atomic E-state index is 0.552. The van der Waals surface area contributed by atoms with E-state index < -0.39 is 0 Å². The fourth-order valence-electron chi connectivity index (χ4n) is 0.891. The molecule has 0 saturated heterocycles. The molecule has 0 atom stereocenters. The van der Waals surface area contributed by atoms with Gasteiger partial charge >= 0.3 is 0 Å². The van der Waals surface area contributed by atoms with Crippen LogP contribution in [0, 0.1) is 11.3 Å². The molecule has 0 saturated carbocycles. The first kappa shape index (κ1) is 7.80. The van der Waals surface area contributed by atoms with Crippen LogP contribution in [0.15, 0.2) is 6.20 Å². The lowest BCUT2D eigenvalue weighted by Gasteiger charge is -1.90. The van der Waals surface area contributed by atoms with Gasteiger partial charge < -0.3 is 4.98 Å². The fourth-order valence-corrected chi connectivity index (χ4v) is 0.891. The first-order valence-corrected chi connectivity index (χ1v) is 3.80. The first-order valence-electron chi connectivity index (χ1n) is 3.80. The Balaban J connectivity index is 2.53. The number of hydrogen-bond acceptors (Lipinski definition) is 2. The largest absolute Gasteiger partial charge is 0.334 e. The monoisotopic (exact) mass is 149 g/mol. The zero-order valence-electron chi connectivity index (χ0n) is 6.59. The predicted molar refractivity (Wildman–Crippen MR) is 41.9 cm³/mol. The molecule has 3 heteroatoms. The Morgan fingerprint density at radius 3 is 3.09 bits per heavy atom. The SMILES string of the molecule is CCCCc1ncc(C#N)[nH]1. The van der Waals surface area contributed by atoms with Crippen LogP contribution in [-0.2, 0) is 6.42 Å². The maximum Gasteiger partial charge on any atom is 0.137 e. The van der Waals surface area contributed by atoms with Crippen molar-refractivity contribution in [2.45, 2.75) is 26.2 Å². The van der Waals surface area contributed by atoms with Gasteiger partial charge in [-0.15, -0.1) is 0 Å². The Hall–Kier alpha value is -1.30. The van der Waals surface area contributed by atoms with E-state index in [0.29, 0.717) is 5.69 Å². The molecule has 0 aliphatic carbocycles. The summed E-state index contributed by atoms with van der Waals surface area (Å²) >= 11 is 0. The van der Waals surface area contributed by atoms with Gasteiger partial charge in [-0.3, -0.25) is 0 Å². The Morgan fingerprint density at radius 2 is 2.55 bits per heavy atom. The third-order valence-corrected chi connectivity index (χ3v) is 1.52. The molecule has 0 aliphatic heterocycles. The molecule has 11 heavy (non-hydrogen) atoms. The molecule has 0 aliphatic rings. The minimum Gasteiger partial charge on any atom is -0.334 e. The number of rotatable bonds is 3. The van der Waals surface area contributed by atoms with Gasteiger partial charge in [0.1, 0.15) is 17.6 Å². The molecule has 1 heterocycles. The number of hydrogen-bond donors (Lipinski definition) is 1. The maximum atomic E-state index is 8.46. The van der Waals surface area contributed by atoms with Gasteiger partial charge in [0.05, 0.1) is 6.20 Å². The van der Waals surface area contributed by atoms with Gasteiger partial charge in [0.25, 0.3) is 0 Å². The topological polar surface area (TPSA) is 52.5 Å². The second-order valence-corrected chi connectivity index (χ2v) is 2.46. The van der Waals surface area contributed by atoms with Crippen molar-refractivity contribution in [1.82, 2.24) is 9.97 Å². The van der Waals surface area contributed by atoms with Crippen molar-refractivity contribution in [3.05, 3.63) is 17.7 Å². The molecule has 3 nitrogen and oxygen atoms in total. The second kappa shape index (κ2) is 3.77. The number of unbranched alkanes of at least 4 members (excludes halogenated alkanes) is 1. The maximum absolute atomic E-state index is 8.46. The number of aryl methyl sites for hydroxylation is 1. The first-order chi connectivity index (χ1) is 5.36. The van der Waals surface area contributed by atoms with E-state index in [1.807, 2.05) is 6.07 Å². The van der Waals surface area contributed by atoms with Crippen molar-refractivity contribution in [3.8, 4) is 6.07 Å². The highest BCUT2D eigenvalue weighted by Crippen LogP contribution is 2.00. The number of aromatic nitrogens is 2. The summed E-state index contributed by atoms with van der Waals surface area (Å²) in [6, 6.07) is 2.01. The van der Waals surface area contributed by atoms with E-state index in [9.17, 15) is 0 Å². The summed E-state index contributed by atoms with van der Waals surface area (Å²) in [7, 11) is 0. The van der Waals surface area contributed by atoms with E-state index in [0.717, 1.165) is 25.1 Å². The molecule has 1 rings (SSSR count). The molecule has 0 aromatic carbocycles. The van der Waals surface area contributed by atoms with Crippen LogP contribution in [0.2, 0.25) is 0 Å². The van der Waals surface area contributed by atoms with Crippen LogP contribution in [0.4, 0.5) is 0 Å². The lowest BCUT2D eigenvalue weighted by Crippen LogP contribution is -1.86. The molecule has 0 unspecified atom stereocenters. The number of nitrogens with one attached hydrogen (secondary N) is 1. The quantitative estimate of drug-likeness (QED) is 0.710. The van der Waals surface area contributed by atoms with E-state index >= 15 is 0 Å². The zero-order chi connectivity index (χ0) is 8.10.